The number of imidazole rings is 1. The Morgan fingerprint density at radius 3 is 2.70 bits per heavy atom. The Morgan fingerprint density at radius 2 is 1.89 bits per heavy atom. The van der Waals surface area contributed by atoms with Crippen LogP contribution in [-0.2, 0) is 6.54 Å². The third kappa shape index (κ3) is 3.10. The summed E-state index contributed by atoms with van der Waals surface area (Å²) < 4.78 is 2.12. The molecular formula is C21H20N4O2. The minimum absolute atomic E-state index is 0.213. The molecule has 0 aliphatic rings. The largest absolute Gasteiger partial charge is 0.345 e. The second-order valence-electron chi connectivity index (χ2n) is 6.76. The van der Waals surface area contributed by atoms with E-state index < -0.39 is 0 Å². The molecule has 4 rings (SSSR count). The molecule has 0 unspecified atom stereocenters. The zero-order valence-corrected chi connectivity index (χ0v) is 15.2. The van der Waals surface area contributed by atoms with E-state index in [-0.39, 0.29) is 24.1 Å². The summed E-state index contributed by atoms with van der Waals surface area (Å²) in [5.74, 6) is 0.494. The van der Waals surface area contributed by atoms with Crippen LogP contribution in [0.2, 0.25) is 0 Å². The third-order valence-electron chi connectivity index (χ3n) is 4.59. The van der Waals surface area contributed by atoms with E-state index in [0.717, 1.165) is 16.9 Å². The summed E-state index contributed by atoms with van der Waals surface area (Å²) in [4.78, 5) is 32.1. The van der Waals surface area contributed by atoms with Gasteiger partial charge in [0.15, 0.2) is 0 Å². The molecule has 0 aliphatic carbocycles. The summed E-state index contributed by atoms with van der Waals surface area (Å²) >= 11 is 0. The molecule has 0 fully saturated rings. The van der Waals surface area contributed by atoms with Crippen molar-refractivity contribution in [2.45, 2.75) is 26.4 Å². The van der Waals surface area contributed by atoms with Crippen molar-refractivity contribution < 1.29 is 4.79 Å². The maximum atomic E-state index is 12.8. The highest BCUT2D eigenvalue weighted by Gasteiger charge is 2.16. The smallest absolute Gasteiger partial charge is 0.252 e. The van der Waals surface area contributed by atoms with Gasteiger partial charge in [0.25, 0.3) is 5.91 Å². The van der Waals surface area contributed by atoms with Gasteiger partial charge in [0, 0.05) is 23.0 Å². The zero-order valence-electron chi connectivity index (χ0n) is 15.2. The number of benzene rings is 2. The van der Waals surface area contributed by atoms with Gasteiger partial charge in [-0.1, -0.05) is 30.3 Å². The van der Waals surface area contributed by atoms with E-state index in [9.17, 15) is 9.59 Å². The van der Waals surface area contributed by atoms with Crippen molar-refractivity contribution in [1.29, 1.82) is 0 Å². The molecule has 0 spiro atoms. The zero-order chi connectivity index (χ0) is 19.0. The Bertz CT molecular complexity index is 1200. The van der Waals surface area contributed by atoms with Crippen LogP contribution in [0.1, 0.15) is 36.1 Å². The number of fused-ring (bicyclic) bond motifs is 2. The minimum Gasteiger partial charge on any atom is -0.345 e. The molecule has 0 atom stereocenters. The fraction of sp³-hybridized carbons (Fsp3) is 0.190. The van der Waals surface area contributed by atoms with Gasteiger partial charge in [0.2, 0.25) is 5.56 Å². The van der Waals surface area contributed by atoms with Crippen LogP contribution in [0.15, 0.2) is 59.4 Å². The van der Waals surface area contributed by atoms with Gasteiger partial charge in [0.1, 0.15) is 5.82 Å². The lowest BCUT2D eigenvalue weighted by Crippen LogP contribution is -2.26. The average Bonchev–Trinajstić information content (AvgIpc) is 3.04. The van der Waals surface area contributed by atoms with Gasteiger partial charge < -0.3 is 14.9 Å². The molecule has 6 heteroatoms. The summed E-state index contributed by atoms with van der Waals surface area (Å²) in [6.45, 7) is 4.46. The molecule has 0 bridgehead atoms. The normalized spacial score (nSPS) is 11.4. The number of carbonyl (C=O) groups excluding carboxylic acids is 1. The number of nitrogens with one attached hydrogen (secondary N) is 2. The highest BCUT2D eigenvalue weighted by atomic mass is 16.2. The Balaban J connectivity index is 1.67. The molecular weight excluding hydrogens is 340 g/mol. The van der Waals surface area contributed by atoms with Crippen LogP contribution in [0.5, 0.6) is 0 Å². The second kappa shape index (κ2) is 6.72. The number of carbonyl (C=O) groups is 1. The Kier molecular flexibility index (Phi) is 4.24. The molecule has 2 aromatic carbocycles. The van der Waals surface area contributed by atoms with E-state index >= 15 is 0 Å². The van der Waals surface area contributed by atoms with Crippen molar-refractivity contribution in [2.24, 2.45) is 0 Å². The van der Waals surface area contributed by atoms with Gasteiger partial charge in [-0.05, 0) is 32.0 Å². The van der Waals surface area contributed by atoms with Gasteiger partial charge in [-0.25, -0.2) is 4.98 Å². The summed E-state index contributed by atoms with van der Waals surface area (Å²) in [5.41, 5.74) is 2.65. The number of aromatic nitrogens is 3. The van der Waals surface area contributed by atoms with Crippen molar-refractivity contribution in [2.75, 3.05) is 0 Å². The molecule has 2 N–H and O–H groups in total. The van der Waals surface area contributed by atoms with E-state index in [0.29, 0.717) is 16.5 Å². The maximum absolute atomic E-state index is 12.8. The van der Waals surface area contributed by atoms with E-state index in [4.69, 9.17) is 0 Å². The van der Waals surface area contributed by atoms with Crippen LogP contribution in [0.4, 0.5) is 0 Å². The first-order valence-electron chi connectivity index (χ1n) is 8.90. The van der Waals surface area contributed by atoms with Crippen LogP contribution in [0.25, 0.3) is 21.9 Å². The molecule has 0 radical (unpaired) electrons. The molecule has 2 heterocycles. The molecule has 0 saturated carbocycles. The summed E-state index contributed by atoms with van der Waals surface area (Å²) in [6.07, 6.45) is 0. The fourth-order valence-electron chi connectivity index (χ4n) is 3.44. The monoisotopic (exact) mass is 360 g/mol. The lowest BCUT2D eigenvalue weighted by Gasteiger charge is -2.14. The standard InChI is InChI=1S/C21H20N4O2/c1-13(2)25-18-10-6-5-9-17(18)23-19(25)12-22-21(27)15-11-20(26)24-16-8-4-3-7-14(15)16/h3-11,13H,12H2,1-2H3,(H,22,27)(H,24,26). The molecule has 0 saturated heterocycles. The van der Waals surface area contributed by atoms with Crippen LogP contribution in [0, 0.1) is 0 Å². The summed E-state index contributed by atoms with van der Waals surface area (Å²) in [7, 11) is 0. The number of rotatable bonds is 4. The molecule has 4 aromatic rings. The quantitative estimate of drug-likeness (QED) is 0.585. The van der Waals surface area contributed by atoms with E-state index in [2.05, 4.69) is 33.7 Å². The van der Waals surface area contributed by atoms with Crippen molar-refractivity contribution in [3.8, 4) is 0 Å². The second-order valence-corrected chi connectivity index (χ2v) is 6.76. The van der Waals surface area contributed by atoms with E-state index in [1.54, 1.807) is 6.07 Å². The lowest BCUT2D eigenvalue weighted by atomic mass is 10.1. The molecule has 0 aliphatic heterocycles. The predicted molar refractivity (Wildman–Crippen MR) is 106 cm³/mol. The number of para-hydroxylation sites is 3. The Hall–Kier alpha value is -3.41. The van der Waals surface area contributed by atoms with Crippen LogP contribution in [-0.4, -0.2) is 20.4 Å². The van der Waals surface area contributed by atoms with Crippen LogP contribution in [0.3, 0.4) is 0 Å². The third-order valence-corrected chi connectivity index (χ3v) is 4.59. The Labute approximate surface area is 155 Å². The van der Waals surface area contributed by atoms with Gasteiger partial charge in [0.05, 0.1) is 23.1 Å². The van der Waals surface area contributed by atoms with Crippen LogP contribution >= 0.6 is 0 Å². The van der Waals surface area contributed by atoms with E-state index in [1.807, 2.05) is 42.5 Å². The van der Waals surface area contributed by atoms with Crippen LogP contribution < -0.4 is 10.9 Å². The first-order valence-corrected chi connectivity index (χ1v) is 8.90. The number of pyridine rings is 1. The SMILES string of the molecule is CC(C)n1c(CNC(=O)c2cc(=O)[nH]c3ccccc23)nc2ccccc21. The highest BCUT2D eigenvalue weighted by Crippen LogP contribution is 2.21. The maximum Gasteiger partial charge on any atom is 0.252 e. The molecule has 2 aromatic heterocycles. The molecule has 6 nitrogen and oxygen atoms in total. The van der Waals surface area contributed by atoms with Crippen molar-refractivity contribution in [1.82, 2.24) is 19.9 Å². The van der Waals surface area contributed by atoms with E-state index in [1.165, 1.54) is 6.07 Å². The first-order chi connectivity index (χ1) is 13.0. The average molecular weight is 360 g/mol. The predicted octanol–water partition coefficient (Wildman–Crippen LogP) is 3.39. The minimum atomic E-state index is -0.298. The van der Waals surface area contributed by atoms with Gasteiger partial charge in [-0.3, -0.25) is 9.59 Å². The fourth-order valence-corrected chi connectivity index (χ4v) is 3.44. The van der Waals surface area contributed by atoms with Gasteiger partial charge in [-0.15, -0.1) is 0 Å². The number of H-pyrrole nitrogens is 1. The Morgan fingerprint density at radius 1 is 1.15 bits per heavy atom. The number of aromatic amines is 1. The number of hydrogen-bond acceptors (Lipinski definition) is 3. The molecule has 27 heavy (non-hydrogen) atoms. The topological polar surface area (TPSA) is 79.8 Å². The molecule has 136 valence electrons. The number of amides is 1. The van der Waals surface area contributed by atoms with Gasteiger partial charge in [-0.2, -0.15) is 0 Å². The first kappa shape index (κ1) is 17.0. The summed E-state index contributed by atoms with van der Waals surface area (Å²) in [6, 6.07) is 16.7. The molecule has 1 amide bonds. The van der Waals surface area contributed by atoms with Gasteiger partial charge >= 0.3 is 0 Å². The van der Waals surface area contributed by atoms with Crippen molar-refractivity contribution in [3.63, 3.8) is 0 Å². The summed E-state index contributed by atoms with van der Waals surface area (Å²) in [5, 5.41) is 3.63. The highest BCUT2D eigenvalue weighted by molar-refractivity contribution is 6.05. The van der Waals surface area contributed by atoms with Crippen molar-refractivity contribution >= 4 is 27.8 Å². The number of nitrogens with zero attached hydrogens (tertiary/aromatic N) is 2. The van der Waals surface area contributed by atoms with Crippen molar-refractivity contribution in [3.05, 3.63) is 76.3 Å². The number of hydrogen-bond donors (Lipinski definition) is 2. The lowest BCUT2D eigenvalue weighted by molar-refractivity contribution is 0.0951.